The van der Waals surface area contributed by atoms with Gasteiger partial charge in [-0.05, 0) is 80.1 Å². The number of nitrogens with zero attached hydrogens (tertiary/aromatic N) is 3. The van der Waals surface area contributed by atoms with E-state index in [1.807, 2.05) is 55.7 Å². The van der Waals surface area contributed by atoms with E-state index >= 15 is 4.39 Å². The highest BCUT2D eigenvalue weighted by molar-refractivity contribution is 8.00. The molecule has 0 saturated heterocycles. The Balaban J connectivity index is 1.39. The third-order valence-corrected chi connectivity index (χ3v) is 12.8. The molecule has 0 aliphatic heterocycles. The molecule has 0 fully saturated rings. The van der Waals surface area contributed by atoms with Crippen LogP contribution < -0.4 is 27.0 Å². The summed E-state index contributed by atoms with van der Waals surface area (Å²) in [5.74, 6) is -6.10. The number of hydrogen-bond donors (Lipinski definition) is 6. The topological polar surface area (TPSA) is 281 Å². The summed E-state index contributed by atoms with van der Waals surface area (Å²) in [5.41, 5.74) is 6.58. The lowest BCUT2D eigenvalue weighted by Crippen LogP contribution is -2.49. The van der Waals surface area contributed by atoms with Gasteiger partial charge in [-0.1, -0.05) is 51.1 Å². The first-order valence-corrected chi connectivity index (χ1v) is 27.8. The summed E-state index contributed by atoms with van der Waals surface area (Å²) in [6.45, 7) is 13.6. The SMILES string of the molecule is CC(C)(C)OC(=O)NCCOCCOCCOCCOCCC(=O)N[C@@H](CSCC(=O)N(CCCNC(=O)[C@H](CC(N)=O)NC(=O)Cc1ccncc1)[C@@H](c1cc(-c2cc(F)ccc2F)cn1Cc1ccccc1)C(C)(C)C)C(=O)O. The number of benzene rings is 2. The van der Waals surface area contributed by atoms with Crippen LogP contribution in [-0.2, 0) is 65.4 Å². The van der Waals surface area contributed by atoms with Gasteiger partial charge in [0.25, 0.3) is 0 Å². The smallest absolute Gasteiger partial charge is 0.407 e. The number of nitrogens with two attached hydrogens (primary N) is 1. The molecule has 2 aromatic carbocycles. The number of carbonyl (C=O) groups excluding carboxylic acids is 6. The molecule has 81 heavy (non-hydrogen) atoms. The minimum Gasteiger partial charge on any atom is -0.480 e. The summed E-state index contributed by atoms with van der Waals surface area (Å²) in [4.78, 5) is 95.7. The summed E-state index contributed by atoms with van der Waals surface area (Å²) in [5, 5.41) is 20.5. The van der Waals surface area contributed by atoms with Gasteiger partial charge < -0.3 is 65.3 Å². The number of carbonyl (C=O) groups is 7. The summed E-state index contributed by atoms with van der Waals surface area (Å²) in [6.07, 6.45) is 3.66. The van der Waals surface area contributed by atoms with E-state index in [1.165, 1.54) is 12.4 Å². The molecular weight excluding hydrogens is 1070 g/mol. The maximum Gasteiger partial charge on any atom is 0.407 e. The number of alkyl carbamates (subject to hydrolysis) is 1. The molecule has 4 aromatic rings. The zero-order valence-electron chi connectivity index (χ0n) is 47.0. The molecule has 0 aliphatic rings. The Morgan fingerprint density at radius 3 is 2.00 bits per heavy atom. The lowest BCUT2D eigenvalue weighted by Gasteiger charge is -2.41. The average Bonchev–Trinajstić information content (AvgIpc) is 4.02. The van der Waals surface area contributed by atoms with Gasteiger partial charge in [-0.2, -0.15) is 0 Å². The molecule has 0 saturated carbocycles. The maximum atomic E-state index is 15.5. The lowest BCUT2D eigenvalue weighted by atomic mass is 9.83. The van der Waals surface area contributed by atoms with Gasteiger partial charge in [0.15, 0.2) is 0 Å². The van der Waals surface area contributed by atoms with Crippen molar-refractivity contribution < 1.29 is 71.1 Å². The van der Waals surface area contributed by atoms with E-state index in [0.717, 1.165) is 35.5 Å². The van der Waals surface area contributed by atoms with Crippen molar-refractivity contribution in [3.8, 4) is 11.1 Å². The highest BCUT2D eigenvalue weighted by Crippen LogP contribution is 2.41. The fraction of sp³-hybridized carbons (Fsp3) is 0.509. The molecule has 0 bridgehead atoms. The number of aromatic nitrogens is 2. The van der Waals surface area contributed by atoms with Crippen molar-refractivity contribution in [3.05, 3.63) is 114 Å². The predicted octanol–water partition coefficient (Wildman–Crippen LogP) is 5.19. The predicted molar refractivity (Wildman–Crippen MR) is 300 cm³/mol. The molecule has 0 aliphatic carbocycles. The number of carboxylic acid groups (broad SMARTS) is 1. The number of amides is 6. The Bertz CT molecular complexity index is 2640. The largest absolute Gasteiger partial charge is 0.480 e. The molecule has 24 heteroatoms. The van der Waals surface area contributed by atoms with Crippen LogP contribution in [0, 0.1) is 17.0 Å². The number of carboxylic acids is 1. The number of aliphatic carboxylic acids is 1. The zero-order chi connectivity index (χ0) is 59.4. The van der Waals surface area contributed by atoms with Gasteiger partial charge in [-0.3, -0.25) is 29.0 Å². The number of thioether (sulfide) groups is 1. The van der Waals surface area contributed by atoms with Crippen molar-refractivity contribution in [2.45, 2.75) is 97.5 Å². The van der Waals surface area contributed by atoms with Crippen LogP contribution in [-0.4, -0.2) is 163 Å². The molecule has 4 rings (SSSR count). The number of halogens is 2. The van der Waals surface area contributed by atoms with E-state index in [9.17, 15) is 43.1 Å². The van der Waals surface area contributed by atoms with Crippen molar-refractivity contribution >= 4 is 53.4 Å². The quantitative estimate of drug-likeness (QED) is 0.0320. The van der Waals surface area contributed by atoms with Crippen LogP contribution in [0.3, 0.4) is 0 Å². The van der Waals surface area contributed by atoms with Crippen LogP contribution >= 0.6 is 11.8 Å². The second kappa shape index (κ2) is 34.3. The van der Waals surface area contributed by atoms with Crippen LogP contribution in [0.5, 0.6) is 0 Å². The molecular formula is C57H78F2N8O13S. The maximum absolute atomic E-state index is 15.5. The number of hydrogen-bond acceptors (Lipinski definition) is 14. The average molecular weight is 1150 g/mol. The minimum absolute atomic E-state index is 0.00822. The van der Waals surface area contributed by atoms with Gasteiger partial charge in [0, 0.05) is 73.8 Å². The summed E-state index contributed by atoms with van der Waals surface area (Å²) < 4.78 is 59.0. The number of primary amides is 1. The van der Waals surface area contributed by atoms with Gasteiger partial charge in [0.2, 0.25) is 29.5 Å². The Morgan fingerprint density at radius 1 is 0.753 bits per heavy atom. The number of ether oxygens (including phenoxy) is 5. The molecule has 0 radical (unpaired) electrons. The standard InChI is InChI=1S/C57H78F2N8O13S/c1-56(2,3)52(47-32-41(43-33-42(58)13-14-44(43)59)36-66(47)35-40-11-8-7-9-12-40)67(22-10-18-62-53(72)45(34-48(60)68)64-50(70)31-39-15-19-61-20-16-39)51(71)38-81-37-46(54(73)74)65-49(69)17-23-76-25-27-78-29-30-79-28-26-77-24-21-63-55(75)80-57(4,5)6/h7-9,11-16,19-20,32-33,36,45-46,52H,10,17-18,21-31,34-35,37-38H2,1-6H3,(H2,60,68)(H,62,72)(H,63,75)(H,64,70)(H,65,69)(H,73,74)/t45-,46-,52-/m0/s1. The Morgan fingerprint density at radius 2 is 1.38 bits per heavy atom. The van der Waals surface area contributed by atoms with Crippen molar-refractivity contribution in [2.24, 2.45) is 11.1 Å². The Kier molecular flexibility index (Phi) is 28.2. The molecule has 444 valence electrons. The first-order chi connectivity index (χ1) is 38.5. The van der Waals surface area contributed by atoms with Gasteiger partial charge in [-0.25, -0.2) is 18.4 Å². The Hall–Kier alpha value is -6.99. The van der Waals surface area contributed by atoms with Crippen molar-refractivity contribution in [1.29, 1.82) is 0 Å². The van der Waals surface area contributed by atoms with Crippen molar-refractivity contribution in [3.63, 3.8) is 0 Å². The van der Waals surface area contributed by atoms with E-state index in [4.69, 9.17) is 29.4 Å². The first kappa shape index (κ1) is 66.5. The molecule has 21 nitrogen and oxygen atoms in total. The molecule has 7 N–H and O–H groups in total. The number of nitrogens with one attached hydrogen (secondary N) is 4. The second-order valence-corrected chi connectivity index (χ2v) is 21.8. The monoisotopic (exact) mass is 1150 g/mol. The summed E-state index contributed by atoms with van der Waals surface area (Å²) in [7, 11) is 0. The minimum atomic E-state index is -1.37. The molecule has 0 spiro atoms. The fourth-order valence-electron chi connectivity index (χ4n) is 8.19. The van der Waals surface area contributed by atoms with Crippen LogP contribution in [0.15, 0.2) is 85.3 Å². The van der Waals surface area contributed by atoms with Gasteiger partial charge in [0.05, 0.1) is 77.5 Å². The molecule has 3 atom stereocenters. The van der Waals surface area contributed by atoms with Gasteiger partial charge >= 0.3 is 12.1 Å². The number of pyridine rings is 1. The van der Waals surface area contributed by atoms with Crippen LogP contribution in [0.1, 0.15) is 83.7 Å². The van der Waals surface area contributed by atoms with Crippen molar-refractivity contribution in [2.75, 3.05) is 84.0 Å². The van der Waals surface area contributed by atoms with E-state index in [-0.39, 0.29) is 82.4 Å². The van der Waals surface area contributed by atoms with Crippen molar-refractivity contribution in [1.82, 2.24) is 35.7 Å². The first-order valence-electron chi connectivity index (χ1n) is 26.6. The number of rotatable bonds is 36. The summed E-state index contributed by atoms with van der Waals surface area (Å²) >= 11 is 0.990. The highest BCUT2D eigenvalue weighted by atomic mass is 32.2. The van der Waals surface area contributed by atoms with E-state index < -0.39 is 88.8 Å². The third kappa shape index (κ3) is 25.6. The van der Waals surface area contributed by atoms with Gasteiger partial charge in [0.1, 0.15) is 29.3 Å². The molecule has 2 heterocycles. The van der Waals surface area contributed by atoms with Crippen LogP contribution in [0.4, 0.5) is 13.6 Å². The second-order valence-electron chi connectivity index (χ2n) is 20.8. The molecule has 2 aromatic heterocycles. The molecule has 6 amide bonds. The van der Waals surface area contributed by atoms with Gasteiger partial charge in [-0.15, -0.1) is 11.8 Å². The van der Waals surface area contributed by atoms with Crippen LogP contribution in [0.25, 0.3) is 11.1 Å². The van der Waals surface area contributed by atoms with E-state index in [1.54, 1.807) is 50.1 Å². The van der Waals surface area contributed by atoms with E-state index in [2.05, 4.69) is 26.3 Å². The van der Waals surface area contributed by atoms with E-state index in [0.29, 0.717) is 49.8 Å². The normalized spacial score (nSPS) is 12.6. The summed E-state index contributed by atoms with van der Waals surface area (Å²) in [6, 6.07) is 14.1. The van der Waals surface area contributed by atoms with Crippen LogP contribution in [0.2, 0.25) is 0 Å². The zero-order valence-corrected chi connectivity index (χ0v) is 47.8. The third-order valence-electron chi connectivity index (χ3n) is 11.8. The fourth-order valence-corrected chi connectivity index (χ4v) is 9.11. The lowest BCUT2D eigenvalue weighted by molar-refractivity contribution is -0.141. The molecule has 0 unspecified atom stereocenters. The highest BCUT2D eigenvalue weighted by Gasteiger charge is 2.37. The Labute approximate surface area is 476 Å².